The predicted octanol–water partition coefficient (Wildman–Crippen LogP) is 1.20. The van der Waals surface area contributed by atoms with E-state index in [1.54, 1.807) is 0 Å². The van der Waals surface area contributed by atoms with Gasteiger partial charge in [0.25, 0.3) is 0 Å². The maximum atomic E-state index is 11.4. The monoisotopic (exact) mass is 214 g/mol. The van der Waals surface area contributed by atoms with E-state index in [2.05, 4.69) is 4.74 Å². The van der Waals surface area contributed by atoms with Gasteiger partial charge in [-0.1, -0.05) is 19.3 Å². The fraction of sp³-hybridized carbons (Fsp3) is 0.818. The molecule has 0 heterocycles. The molecule has 86 valence electrons. The lowest BCUT2D eigenvalue weighted by molar-refractivity contribution is -0.144. The summed E-state index contributed by atoms with van der Waals surface area (Å²) in [5, 5.41) is 10.1. The fourth-order valence-corrected chi connectivity index (χ4v) is 2.05. The van der Waals surface area contributed by atoms with Crippen molar-refractivity contribution in [3.05, 3.63) is 0 Å². The summed E-state index contributed by atoms with van der Waals surface area (Å²) in [5.74, 6) is -0.759. The molecule has 4 heteroatoms. The van der Waals surface area contributed by atoms with Crippen molar-refractivity contribution in [2.45, 2.75) is 50.5 Å². The fourth-order valence-electron chi connectivity index (χ4n) is 2.05. The average molecular weight is 214 g/mol. The highest BCUT2D eigenvalue weighted by molar-refractivity contribution is 5.95. The van der Waals surface area contributed by atoms with Crippen LogP contribution in [0.5, 0.6) is 0 Å². The van der Waals surface area contributed by atoms with Crippen LogP contribution in [0.1, 0.15) is 44.9 Å². The number of carbonyl (C=O) groups is 2. The largest absolute Gasteiger partial charge is 0.469 e. The number of Topliss-reactive ketones (excluding diaryl/α,β-unsaturated/α-hetero) is 1. The van der Waals surface area contributed by atoms with Gasteiger partial charge in [-0.15, -0.1) is 0 Å². The van der Waals surface area contributed by atoms with Crippen LogP contribution in [0.2, 0.25) is 0 Å². The molecule has 0 bridgehead atoms. The van der Waals surface area contributed by atoms with Crippen molar-refractivity contribution in [3.8, 4) is 0 Å². The lowest BCUT2D eigenvalue weighted by Gasteiger charge is -2.31. The number of ketones is 1. The molecule has 15 heavy (non-hydrogen) atoms. The Hall–Kier alpha value is -0.900. The molecule has 0 unspecified atom stereocenters. The van der Waals surface area contributed by atoms with Crippen LogP contribution in [0.4, 0.5) is 0 Å². The van der Waals surface area contributed by atoms with Crippen LogP contribution in [0.25, 0.3) is 0 Å². The molecule has 0 spiro atoms. The summed E-state index contributed by atoms with van der Waals surface area (Å²) in [6, 6.07) is 0. The summed E-state index contributed by atoms with van der Waals surface area (Å²) < 4.78 is 4.40. The predicted molar refractivity (Wildman–Crippen MR) is 54.3 cm³/mol. The third kappa shape index (κ3) is 4.00. The number of rotatable bonds is 4. The minimum Gasteiger partial charge on any atom is -0.469 e. The second-order valence-electron chi connectivity index (χ2n) is 4.25. The van der Waals surface area contributed by atoms with Crippen LogP contribution < -0.4 is 0 Å². The summed E-state index contributed by atoms with van der Waals surface area (Å²) in [7, 11) is 1.25. The zero-order valence-electron chi connectivity index (χ0n) is 9.12. The SMILES string of the molecule is COC(=O)CC(=O)CC1(O)CCCCC1. The van der Waals surface area contributed by atoms with Gasteiger partial charge in [-0.25, -0.2) is 0 Å². The van der Waals surface area contributed by atoms with Gasteiger partial charge < -0.3 is 9.84 Å². The summed E-state index contributed by atoms with van der Waals surface area (Å²) in [6.45, 7) is 0. The molecule has 0 saturated heterocycles. The first-order valence-corrected chi connectivity index (χ1v) is 5.37. The number of hydrogen-bond acceptors (Lipinski definition) is 4. The zero-order chi connectivity index (χ0) is 11.3. The van der Waals surface area contributed by atoms with Crippen molar-refractivity contribution in [1.82, 2.24) is 0 Å². The molecule has 0 atom stereocenters. The van der Waals surface area contributed by atoms with Crippen LogP contribution in [0.15, 0.2) is 0 Å². The highest BCUT2D eigenvalue weighted by Gasteiger charge is 2.32. The molecule has 1 aliphatic carbocycles. The first-order chi connectivity index (χ1) is 7.06. The lowest BCUT2D eigenvalue weighted by Crippen LogP contribution is -2.34. The zero-order valence-corrected chi connectivity index (χ0v) is 9.12. The number of esters is 1. The van der Waals surface area contributed by atoms with E-state index in [0.29, 0.717) is 12.8 Å². The van der Waals surface area contributed by atoms with E-state index in [0.717, 1.165) is 19.3 Å². The van der Waals surface area contributed by atoms with Gasteiger partial charge >= 0.3 is 5.97 Å². The number of carbonyl (C=O) groups excluding carboxylic acids is 2. The molecule has 0 aromatic carbocycles. The molecule has 0 radical (unpaired) electrons. The van der Waals surface area contributed by atoms with Crippen LogP contribution in [0.3, 0.4) is 0 Å². The molecule has 4 nitrogen and oxygen atoms in total. The summed E-state index contributed by atoms with van der Waals surface area (Å²) in [6.07, 6.45) is 4.23. The van der Waals surface area contributed by atoms with Crippen molar-refractivity contribution in [2.24, 2.45) is 0 Å². The highest BCUT2D eigenvalue weighted by atomic mass is 16.5. The van der Waals surface area contributed by atoms with Gasteiger partial charge in [0.15, 0.2) is 0 Å². The molecule has 0 aliphatic heterocycles. The van der Waals surface area contributed by atoms with E-state index < -0.39 is 11.6 Å². The third-order valence-electron chi connectivity index (χ3n) is 2.88. The number of hydrogen-bond donors (Lipinski definition) is 1. The molecular weight excluding hydrogens is 196 g/mol. The van der Waals surface area contributed by atoms with Gasteiger partial charge in [-0.05, 0) is 12.8 Å². The Kier molecular flexibility index (Phi) is 4.27. The van der Waals surface area contributed by atoms with Crippen LogP contribution in [-0.4, -0.2) is 29.6 Å². The van der Waals surface area contributed by atoms with E-state index in [1.807, 2.05) is 0 Å². The maximum Gasteiger partial charge on any atom is 0.313 e. The lowest BCUT2D eigenvalue weighted by atomic mass is 9.81. The van der Waals surface area contributed by atoms with Gasteiger partial charge in [-0.2, -0.15) is 0 Å². The van der Waals surface area contributed by atoms with Gasteiger partial charge in [0.2, 0.25) is 0 Å². The van der Waals surface area contributed by atoms with Crippen LogP contribution in [-0.2, 0) is 14.3 Å². The Bertz CT molecular complexity index is 241. The smallest absolute Gasteiger partial charge is 0.313 e. The van der Waals surface area contributed by atoms with E-state index in [9.17, 15) is 14.7 Å². The molecule has 1 saturated carbocycles. The molecule has 1 aliphatic rings. The Labute approximate surface area is 89.6 Å². The van der Waals surface area contributed by atoms with E-state index in [4.69, 9.17) is 0 Å². The second kappa shape index (κ2) is 5.26. The van der Waals surface area contributed by atoms with E-state index >= 15 is 0 Å². The number of ether oxygens (including phenoxy) is 1. The van der Waals surface area contributed by atoms with Crippen molar-refractivity contribution < 1.29 is 19.4 Å². The highest BCUT2D eigenvalue weighted by Crippen LogP contribution is 2.31. The van der Waals surface area contributed by atoms with Crippen molar-refractivity contribution in [2.75, 3.05) is 7.11 Å². The standard InChI is InChI=1S/C11H18O4/c1-15-10(13)7-9(12)8-11(14)5-3-2-4-6-11/h14H,2-8H2,1H3. The second-order valence-corrected chi connectivity index (χ2v) is 4.25. The van der Waals surface area contributed by atoms with Crippen LogP contribution >= 0.6 is 0 Å². The van der Waals surface area contributed by atoms with Crippen molar-refractivity contribution in [3.63, 3.8) is 0 Å². The average Bonchev–Trinajstić information content (AvgIpc) is 2.17. The van der Waals surface area contributed by atoms with Crippen molar-refractivity contribution in [1.29, 1.82) is 0 Å². The maximum absolute atomic E-state index is 11.4. The van der Waals surface area contributed by atoms with Gasteiger partial charge in [0.05, 0.1) is 12.7 Å². The van der Waals surface area contributed by atoms with Gasteiger partial charge in [0.1, 0.15) is 12.2 Å². The summed E-state index contributed by atoms with van der Waals surface area (Å²) in [4.78, 5) is 22.3. The molecule has 1 fully saturated rings. The number of aliphatic hydroxyl groups is 1. The van der Waals surface area contributed by atoms with Gasteiger partial charge in [-0.3, -0.25) is 9.59 Å². The van der Waals surface area contributed by atoms with E-state index in [-0.39, 0.29) is 18.6 Å². The topological polar surface area (TPSA) is 63.6 Å². The van der Waals surface area contributed by atoms with Crippen molar-refractivity contribution >= 4 is 11.8 Å². The first-order valence-electron chi connectivity index (χ1n) is 5.37. The number of methoxy groups -OCH3 is 1. The third-order valence-corrected chi connectivity index (χ3v) is 2.88. The quantitative estimate of drug-likeness (QED) is 0.564. The Morgan fingerprint density at radius 2 is 1.87 bits per heavy atom. The van der Waals surface area contributed by atoms with Gasteiger partial charge in [0, 0.05) is 6.42 Å². The summed E-state index contributed by atoms with van der Waals surface area (Å²) in [5.41, 5.74) is -0.872. The summed E-state index contributed by atoms with van der Waals surface area (Å²) >= 11 is 0. The van der Waals surface area contributed by atoms with E-state index in [1.165, 1.54) is 7.11 Å². The van der Waals surface area contributed by atoms with Crippen LogP contribution in [0, 0.1) is 0 Å². The molecule has 0 aromatic heterocycles. The normalized spacial score (nSPS) is 19.6. The Balaban J connectivity index is 2.38. The molecule has 1 rings (SSSR count). The first kappa shape index (κ1) is 12.2. The molecular formula is C11H18O4. The molecule has 0 aromatic rings. The Morgan fingerprint density at radius 3 is 2.40 bits per heavy atom. The minimum absolute atomic E-state index is 0.0854. The molecule has 1 N–H and O–H groups in total. The Morgan fingerprint density at radius 1 is 1.27 bits per heavy atom. The molecule has 0 amide bonds. The minimum atomic E-state index is -0.872.